The molecule has 2 fully saturated rings. The fourth-order valence-corrected chi connectivity index (χ4v) is 4.96. The molecule has 0 unspecified atom stereocenters. The summed E-state index contributed by atoms with van der Waals surface area (Å²) in [5, 5.41) is 6.95. The molecule has 2 bridgehead atoms. The van der Waals surface area contributed by atoms with Crippen molar-refractivity contribution in [1.29, 1.82) is 0 Å². The molecule has 0 aliphatic carbocycles. The van der Waals surface area contributed by atoms with Gasteiger partial charge in [0.05, 0.1) is 38.7 Å². The van der Waals surface area contributed by atoms with Crippen molar-refractivity contribution in [2.45, 2.75) is 25.0 Å². The normalized spacial score (nSPS) is 27.7. The van der Waals surface area contributed by atoms with E-state index in [0.717, 1.165) is 5.56 Å². The van der Waals surface area contributed by atoms with Crippen molar-refractivity contribution in [2.24, 2.45) is 11.8 Å². The van der Waals surface area contributed by atoms with Gasteiger partial charge in [-0.15, -0.1) is 0 Å². The lowest BCUT2D eigenvalue weighted by Crippen LogP contribution is -2.44. The number of aromatic nitrogens is 1. The van der Waals surface area contributed by atoms with Crippen LogP contribution in [0.5, 0.6) is 11.5 Å². The number of nitrogens with zero attached hydrogens (tertiary/aromatic N) is 2. The Morgan fingerprint density at radius 2 is 2.09 bits per heavy atom. The van der Waals surface area contributed by atoms with Crippen molar-refractivity contribution in [3.05, 3.63) is 47.7 Å². The largest absolute Gasteiger partial charge is 0.493 e. The summed E-state index contributed by atoms with van der Waals surface area (Å²) in [6, 6.07) is 7.38. The molecule has 1 aromatic carbocycles. The average Bonchev–Trinajstić information content (AvgIpc) is 3.54. The minimum absolute atomic E-state index is 0.162. The zero-order valence-electron chi connectivity index (χ0n) is 18.2. The van der Waals surface area contributed by atoms with Gasteiger partial charge in [-0.1, -0.05) is 23.4 Å². The molecule has 0 saturated carbocycles. The topological polar surface area (TPSA) is 103 Å². The third-order valence-electron chi connectivity index (χ3n) is 6.46. The van der Waals surface area contributed by atoms with Gasteiger partial charge in [-0.2, -0.15) is 0 Å². The molecule has 2 amide bonds. The third-order valence-corrected chi connectivity index (χ3v) is 6.46. The smallest absolute Gasteiger partial charge is 0.235 e. The summed E-state index contributed by atoms with van der Waals surface area (Å²) >= 11 is 0. The molecular formula is C23H25N3O6. The molecule has 9 nitrogen and oxygen atoms in total. The first kappa shape index (κ1) is 20.6. The Labute approximate surface area is 185 Å². The third kappa shape index (κ3) is 3.15. The molecule has 0 radical (unpaired) electrons. The van der Waals surface area contributed by atoms with Gasteiger partial charge < -0.3 is 24.1 Å². The van der Waals surface area contributed by atoms with Gasteiger partial charge >= 0.3 is 0 Å². The number of nitrogens with one attached hydrogen (secondary N) is 1. The molecule has 32 heavy (non-hydrogen) atoms. The van der Waals surface area contributed by atoms with Crippen LogP contribution in [0.4, 0.5) is 5.82 Å². The summed E-state index contributed by atoms with van der Waals surface area (Å²) in [4.78, 5) is 27.9. The van der Waals surface area contributed by atoms with Crippen molar-refractivity contribution in [2.75, 3.05) is 32.2 Å². The van der Waals surface area contributed by atoms with Crippen LogP contribution in [0.15, 0.2) is 40.9 Å². The molecule has 9 heteroatoms. The lowest BCUT2D eigenvalue weighted by atomic mass is 9.77. The van der Waals surface area contributed by atoms with Crippen LogP contribution in [-0.4, -0.2) is 56.0 Å². The van der Waals surface area contributed by atoms with Crippen LogP contribution in [-0.2, 0) is 20.7 Å². The number of benzene rings is 1. The first-order chi connectivity index (χ1) is 15.5. The molecule has 4 atom stereocenters. The lowest BCUT2D eigenvalue weighted by molar-refractivity contribution is -0.131. The minimum atomic E-state index is -0.792. The highest BCUT2D eigenvalue weighted by Crippen LogP contribution is 2.52. The van der Waals surface area contributed by atoms with Crippen LogP contribution in [0, 0.1) is 18.8 Å². The highest BCUT2D eigenvalue weighted by molar-refractivity contribution is 6.02. The SMILES string of the molecule is COc1ccc(CCNC(=O)[C@H]2[C@H]3C=C[C@]4(CN(c5cc(C)on5)C(=O)[C@@H]24)O3)cc1OC. The van der Waals surface area contributed by atoms with Crippen LogP contribution >= 0.6 is 0 Å². The first-order valence-electron chi connectivity index (χ1n) is 10.6. The number of ether oxygens (including phenoxy) is 3. The van der Waals surface area contributed by atoms with Gasteiger partial charge in [-0.25, -0.2) is 0 Å². The van der Waals surface area contributed by atoms with Crippen molar-refractivity contribution in [1.82, 2.24) is 10.5 Å². The highest BCUT2D eigenvalue weighted by atomic mass is 16.5. The summed E-state index contributed by atoms with van der Waals surface area (Å²) in [5.41, 5.74) is 0.216. The number of aryl methyl sites for hydroxylation is 1. The molecule has 2 aromatic rings. The second-order valence-corrected chi connectivity index (χ2v) is 8.35. The summed E-state index contributed by atoms with van der Waals surface area (Å²) in [6.45, 7) is 2.53. The summed E-state index contributed by atoms with van der Waals surface area (Å²) in [7, 11) is 3.18. The molecule has 3 aliphatic heterocycles. The zero-order chi connectivity index (χ0) is 22.5. The summed E-state index contributed by atoms with van der Waals surface area (Å²) in [6.07, 6.45) is 4.03. The van der Waals surface area contributed by atoms with Crippen molar-refractivity contribution in [3.8, 4) is 11.5 Å². The van der Waals surface area contributed by atoms with E-state index in [1.807, 2.05) is 30.4 Å². The minimum Gasteiger partial charge on any atom is -0.493 e. The predicted octanol–water partition coefficient (Wildman–Crippen LogP) is 1.65. The standard InChI is InChI=1S/C23H25N3O6/c1-13-10-18(25-32-13)26-12-23-8-6-16(31-23)19(20(23)22(26)28)21(27)24-9-7-14-4-5-15(29-2)17(11-14)30-3/h4-6,8,10-11,16,19-20H,7,9,12H2,1-3H3,(H,24,27)/t16-,19+,20-,23-/m1/s1. The number of methoxy groups -OCH3 is 2. The van der Waals surface area contributed by atoms with E-state index in [0.29, 0.717) is 42.6 Å². The van der Waals surface area contributed by atoms with Gasteiger partial charge in [0, 0.05) is 12.6 Å². The van der Waals surface area contributed by atoms with E-state index in [-0.39, 0.29) is 11.8 Å². The van der Waals surface area contributed by atoms with Crippen LogP contribution in [0.2, 0.25) is 0 Å². The molecule has 5 rings (SSSR count). The Kier molecular flexibility index (Phi) is 4.93. The molecule has 168 valence electrons. The van der Waals surface area contributed by atoms with Crippen LogP contribution in [0.3, 0.4) is 0 Å². The van der Waals surface area contributed by atoms with E-state index >= 15 is 0 Å². The fourth-order valence-electron chi connectivity index (χ4n) is 4.96. The number of hydrogen-bond donors (Lipinski definition) is 1. The Morgan fingerprint density at radius 1 is 1.28 bits per heavy atom. The van der Waals surface area contributed by atoms with E-state index in [1.165, 1.54) is 0 Å². The second-order valence-electron chi connectivity index (χ2n) is 8.35. The monoisotopic (exact) mass is 439 g/mol. The van der Waals surface area contributed by atoms with E-state index in [9.17, 15) is 9.59 Å². The maximum Gasteiger partial charge on any atom is 0.235 e. The summed E-state index contributed by atoms with van der Waals surface area (Å²) in [5.74, 6) is 0.875. The number of anilines is 1. The predicted molar refractivity (Wildman–Crippen MR) is 114 cm³/mol. The Balaban J connectivity index is 1.27. The number of fused-ring (bicyclic) bond motifs is 1. The molecule has 1 aromatic heterocycles. The van der Waals surface area contributed by atoms with E-state index in [4.69, 9.17) is 18.7 Å². The van der Waals surface area contributed by atoms with Gasteiger partial charge in [-0.05, 0) is 31.0 Å². The van der Waals surface area contributed by atoms with Gasteiger partial charge in [0.1, 0.15) is 11.4 Å². The average molecular weight is 439 g/mol. The van der Waals surface area contributed by atoms with Crippen LogP contribution in [0.25, 0.3) is 0 Å². The number of hydrogen-bond acceptors (Lipinski definition) is 7. The summed E-state index contributed by atoms with van der Waals surface area (Å²) < 4.78 is 21.9. The zero-order valence-corrected chi connectivity index (χ0v) is 18.2. The quantitative estimate of drug-likeness (QED) is 0.655. The van der Waals surface area contributed by atoms with E-state index < -0.39 is 23.5 Å². The Bertz CT molecular complexity index is 1100. The molecule has 1 N–H and O–H groups in total. The number of carbonyl (C=O) groups is 2. The second kappa shape index (κ2) is 7.67. The number of carbonyl (C=O) groups excluding carboxylic acids is 2. The van der Waals surface area contributed by atoms with Crippen LogP contribution in [0.1, 0.15) is 11.3 Å². The Morgan fingerprint density at radius 3 is 2.81 bits per heavy atom. The maximum absolute atomic E-state index is 13.2. The van der Waals surface area contributed by atoms with Crippen molar-refractivity contribution in [3.63, 3.8) is 0 Å². The van der Waals surface area contributed by atoms with Gasteiger partial charge in [0.15, 0.2) is 17.3 Å². The number of rotatable bonds is 7. The van der Waals surface area contributed by atoms with E-state index in [2.05, 4.69) is 10.5 Å². The first-order valence-corrected chi connectivity index (χ1v) is 10.6. The highest BCUT2D eigenvalue weighted by Gasteiger charge is 2.67. The molecular weight excluding hydrogens is 414 g/mol. The van der Waals surface area contributed by atoms with Gasteiger partial charge in [-0.3, -0.25) is 14.5 Å². The number of amides is 2. The Hall–Kier alpha value is -3.33. The van der Waals surface area contributed by atoms with E-state index in [1.54, 1.807) is 32.1 Å². The van der Waals surface area contributed by atoms with Crippen molar-refractivity contribution < 1.29 is 28.3 Å². The fraction of sp³-hybridized carbons (Fsp3) is 0.435. The van der Waals surface area contributed by atoms with Gasteiger partial charge in [0.2, 0.25) is 11.8 Å². The maximum atomic E-state index is 13.2. The van der Waals surface area contributed by atoms with Crippen molar-refractivity contribution >= 4 is 17.6 Å². The molecule has 4 heterocycles. The molecule has 2 saturated heterocycles. The molecule has 1 spiro atoms. The van der Waals surface area contributed by atoms with Crippen LogP contribution < -0.4 is 19.7 Å². The molecule has 3 aliphatic rings. The van der Waals surface area contributed by atoms with Gasteiger partial charge in [0.25, 0.3) is 0 Å². The lowest BCUT2D eigenvalue weighted by Gasteiger charge is -2.23.